The first-order valence-corrected chi connectivity index (χ1v) is 11.0. The normalized spacial score (nSPS) is 11.2. The third kappa shape index (κ3) is 3.36. The van der Waals surface area contributed by atoms with E-state index in [4.69, 9.17) is 0 Å². The second-order valence-corrected chi connectivity index (χ2v) is 8.98. The Morgan fingerprint density at radius 3 is 2.59 bits per heavy atom. The molecule has 0 unspecified atom stereocenters. The maximum Gasteiger partial charge on any atom is 0.281 e. The van der Waals surface area contributed by atoms with Crippen molar-refractivity contribution in [3.63, 3.8) is 0 Å². The molecule has 5 rings (SSSR count). The molecule has 0 aliphatic heterocycles. The third-order valence-corrected chi connectivity index (χ3v) is 6.42. The van der Waals surface area contributed by atoms with Crippen LogP contribution in [-0.2, 0) is 0 Å². The maximum absolute atomic E-state index is 13.4. The molecule has 1 amide bonds. The van der Waals surface area contributed by atoms with Gasteiger partial charge in [-0.1, -0.05) is 42.0 Å². The molecule has 6 nitrogen and oxygen atoms in total. The summed E-state index contributed by atoms with van der Waals surface area (Å²) < 4.78 is 1.17. The van der Waals surface area contributed by atoms with Gasteiger partial charge in [-0.05, 0) is 44.5 Å². The van der Waals surface area contributed by atoms with Crippen molar-refractivity contribution < 1.29 is 4.79 Å². The maximum atomic E-state index is 13.4. The highest BCUT2D eigenvalue weighted by Crippen LogP contribution is 2.35. The van der Waals surface area contributed by atoms with Gasteiger partial charge in [-0.3, -0.25) is 20.0 Å². The number of nitrogens with zero attached hydrogens (tertiary/aromatic N) is 3. The smallest absolute Gasteiger partial charge is 0.267 e. The van der Waals surface area contributed by atoms with Crippen LogP contribution in [0.2, 0.25) is 0 Å². The van der Waals surface area contributed by atoms with Crippen LogP contribution in [-0.4, -0.2) is 20.6 Å². The van der Waals surface area contributed by atoms with Crippen LogP contribution in [0.4, 0.5) is 0 Å². The Morgan fingerprint density at radius 2 is 1.81 bits per heavy atom. The summed E-state index contributed by atoms with van der Waals surface area (Å²) in [7, 11) is 0. The Kier molecular flexibility index (Phi) is 4.83. The molecule has 0 fully saturated rings. The SMILES string of the molecule is Cc1ccc2nc(C)cc(C(=O)Nn3cnc4sc(C)c(-c5ccccc5)c4c3=O)c2c1. The zero-order valence-electron chi connectivity index (χ0n) is 17.8. The summed E-state index contributed by atoms with van der Waals surface area (Å²) in [6.07, 6.45) is 1.37. The number of nitrogens with one attached hydrogen (secondary N) is 1. The van der Waals surface area contributed by atoms with E-state index in [-0.39, 0.29) is 11.5 Å². The fourth-order valence-corrected chi connectivity index (χ4v) is 4.97. The first-order chi connectivity index (χ1) is 15.4. The molecule has 3 heterocycles. The number of amides is 1. The molecule has 158 valence electrons. The molecule has 5 aromatic rings. The van der Waals surface area contributed by atoms with Crippen LogP contribution < -0.4 is 11.0 Å². The van der Waals surface area contributed by atoms with Gasteiger partial charge in [0, 0.05) is 21.5 Å². The van der Waals surface area contributed by atoms with Crippen molar-refractivity contribution in [2.45, 2.75) is 20.8 Å². The van der Waals surface area contributed by atoms with Gasteiger partial charge < -0.3 is 0 Å². The van der Waals surface area contributed by atoms with E-state index in [2.05, 4.69) is 15.4 Å². The Bertz CT molecular complexity index is 1570. The molecule has 3 aromatic heterocycles. The number of aromatic nitrogens is 3. The van der Waals surface area contributed by atoms with E-state index in [0.717, 1.165) is 38.2 Å². The van der Waals surface area contributed by atoms with Crippen LogP contribution in [0.15, 0.2) is 65.7 Å². The summed E-state index contributed by atoms with van der Waals surface area (Å²) in [6, 6.07) is 17.3. The molecule has 0 atom stereocenters. The second kappa shape index (κ2) is 7.69. The molecule has 0 aliphatic carbocycles. The van der Waals surface area contributed by atoms with Crippen molar-refractivity contribution >= 4 is 38.4 Å². The molecule has 7 heteroatoms. The van der Waals surface area contributed by atoms with Gasteiger partial charge in [0.1, 0.15) is 11.2 Å². The highest BCUT2D eigenvalue weighted by molar-refractivity contribution is 7.19. The van der Waals surface area contributed by atoms with Crippen molar-refractivity contribution in [2.75, 3.05) is 5.43 Å². The quantitative estimate of drug-likeness (QED) is 0.429. The molecule has 0 saturated heterocycles. The number of benzene rings is 2. The summed E-state index contributed by atoms with van der Waals surface area (Å²) in [5.41, 5.74) is 7.18. The topological polar surface area (TPSA) is 76.9 Å². The lowest BCUT2D eigenvalue weighted by Crippen LogP contribution is -2.33. The number of fused-ring (bicyclic) bond motifs is 2. The van der Waals surface area contributed by atoms with Crippen LogP contribution >= 0.6 is 11.3 Å². The number of pyridine rings is 1. The van der Waals surface area contributed by atoms with Gasteiger partial charge in [-0.25, -0.2) is 9.66 Å². The molecule has 0 bridgehead atoms. The van der Waals surface area contributed by atoms with Crippen LogP contribution in [0.1, 0.15) is 26.5 Å². The number of carbonyl (C=O) groups excluding carboxylic acids is 1. The van der Waals surface area contributed by atoms with E-state index >= 15 is 0 Å². The van der Waals surface area contributed by atoms with E-state index < -0.39 is 0 Å². The lowest BCUT2D eigenvalue weighted by atomic mass is 10.0. The minimum absolute atomic E-state index is 0.308. The Balaban J connectivity index is 1.62. The number of thiophene rings is 1. The van der Waals surface area contributed by atoms with E-state index in [1.807, 2.05) is 69.3 Å². The molecule has 32 heavy (non-hydrogen) atoms. The van der Waals surface area contributed by atoms with E-state index in [9.17, 15) is 9.59 Å². The summed E-state index contributed by atoms with van der Waals surface area (Å²) in [4.78, 5) is 37.2. The van der Waals surface area contributed by atoms with E-state index in [1.165, 1.54) is 22.3 Å². The highest BCUT2D eigenvalue weighted by atomic mass is 32.1. The average Bonchev–Trinajstić information content (AvgIpc) is 3.12. The first-order valence-electron chi connectivity index (χ1n) is 10.2. The number of hydrogen-bond donors (Lipinski definition) is 1. The molecule has 0 radical (unpaired) electrons. The number of hydrogen-bond acceptors (Lipinski definition) is 5. The standard InChI is InChI=1S/C25H20N4O2S/c1-14-9-10-20-18(11-14)19(12-15(2)27-20)23(30)28-29-13-26-24-22(25(29)31)21(16(3)32-24)17-7-5-4-6-8-17/h4-13H,1-3H3,(H,28,30). The van der Waals surface area contributed by atoms with E-state index in [0.29, 0.717) is 15.8 Å². The lowest BCUT2D eigenvalue weighted by Gasteiger charge is -2.11. The summed E-state index contributed by atoms with van der Waals surface area (Å²) in [5, 5.41) is 1.25. The van der Waals surface area contributed by atoms with Crippen LogP contribution in [0.5, 0.6) is 0 Å². The van der Waals surface area contributed by atoms with Crippen molar-refractivity contribution in [1.82, 2.24) is 14.6 Å². The van der Waals surface area contributed by atoms with Crippen molar-refractivity contribution in [3.8, 4) is 11.1 Å². The molecule has 0 aliphatic rings. The van der Waals surface area contributed by atoms with Gasteiger partial charge in [0.05, 0.1) is 16.5 Å². The molecular formula is C25H20N4O2S. The third-order valence-electron chi connectivity index (χ3n) is 5.41. The fourth-order valence-electron chi connectivity index (χ4n) is 3.96. The van der Waals surface area contributed by atoms with Gasteiger partial charge in [0.25, 0.3) is 11.5 Å². The Morgan fingerprint density at radius 1 is 1.03 bits per heavy atom. The predicted molar refractivity (Wildman–Crippen MR) is 129 cm³/mol. The number of aryl methyl sites for hydroxylation is 3. The first kappa shape index (κ1) is 20.1. The second-order valence-electron chi connectivity index (χ2n) is 7.77. The molecule has 0 saturated carbocycles. The van der Waals surface area contributed by atoms with Gasteiger partial charge in [0.2, 0.25) is 0 Å². The fraction of sp³-hybridized carbons (Fsp3) is 0.120. The average molecular weight is 441 g/mol. The van der Waals surface area contributed by atoms with Crippen molar-refractivity contribution in [1.29, 1.82) is 0 Å². The Labute approximate surface area is 188 Å². The van der Waals surface area contributed by atoms with Gasteiger partial charge >= 0.3 is 0 Å². The van der Waals surface area contributed by atoms with Gasteiger partial charge in [0.15, 0.2) is 0 Å². The monoisotopic (exact) mass is 440 g/mol. The Hall–Kier alpha value is -3.84. The number of carbonyl (C=O) groups is 1. The lowest BCUT2D eigenvalue weighted by molar-refractivity contribution is 0.101. The zero-order chi connectivity index (χ0) is 22.4. The summed E-state index contributed by atoms with van der Waals surface area (Å²) in [6.45, 7) is 5.79. The molecule has 1 N–H and O–H groups in total. The van der Waals surface area contributed by atoms with Crippen LogP contribution in [0.3, 0.4) is 0 Å². The number of rotatable bonds is 3. The van der Waals surface area contributed by atoms with Gasteiger partial charge in [-0.15, -0.1) is 11.3 Å². The minimum Gasteiger partial charge on any atom is -0.267 e. The molecule has 2 aromatic carbocycles. The van der Waals surface area contributed by atoms with E-state index in [1.54, 1.807) is 6.07 Å². The molecule has 0 spiro atoms. The highest BCUT2D eigenvalue weighted by Gasteiger charge is 2.19. The summed E-state index contributed by atoms with van der Waals surface area (Å²) in [5.74, 6) is -0.387. The van der Waals surface area contributed by atoms with Gasteiger partial charge in [-0.2, -0.15) is 0 Å². The minimum atomic E-state index is -0.387. The van der Waals surface area contributed by atoms with Crippen LogP contribution in [0, 0.1) is 20.8 Å². The molecular weight excluding hydrogens is 420 g/mol. The summed E-state index contributed by atoms with van der Waals surface area (Å²) >= 11 is 1.47. The van der Waals surface area contributed by atoms with Crippen molar-refractivity contribution in [3.05, 3.63) is 93.0 Å². The van der Waals surface area contributed by atoms with Crippen LogP contribution in [0.25, 0.3) is 32.2 Å². The predicted octanol–water partition coefficient (Wildman–Crippen LogP) is 4.98. The van der Waals surface area contributed by atoms with Crippen molar-refractivity contribution in [2.24, 2.45) is 0 Å². The largest absolute Gasteiger partial charge is 0.281 e. The zero-order valence-corrected chi connectivity index (χ0v) is 18.7.